The highest BCUT2D eigenvalue weighted by atomic mass is 16.1. The van der Waals surface area contributed by atoms with Gasteiger partial charge in [-0.15, -0.1) is 0 Å². The Bertz CT molecular complexity index is 150. The molecule has 1 aliphatic carbocycles. The number of carbonyl (C=O) groups excluding carboxylic acids is 1. The molecule has 1 saturated carbocycles. The van der Waals surface area contributed by atoms with Crippen LogP contribution in [0.4, 0.5) is 0 Å². The summed E-state index contributed by atoms with van der Waals surface area (Å²) in [7, 11) is 2.02. The average molecular weight is 155 g/mol. The Kier molecular flexibility index (Phi) is 2.33. The van der Waals surface area contributed by atoms with Crippen molar-refractivity contribution in [1.29, 1.82) is 0 Å². The minimum Gasteiger partial charge on any atom is -0.301 e. The lowest BCUT2D eigenvalue weighted by Gasteiger charge is -2.30. The van der Waals surface area contributed by atoms with Gasteiger partial charge in [-0.2, -0.15) is 0 Å². The van der Waals surface area contributed by atoms with Gasteiger partial charge in [-0.05, 0) is 39.7 Å². The standard InChI is InChI=1S/C9H17NO/c1-9(2,7-11)10(3)6-8-4-5-8/h7-8H,4-6H2,1-3H3. The molecule has 0 unspecified atom stereocenters. The Morgan fingerprint density at radius 3 is 2.45 bits per heavy atom. The molecule has 0 aromatic carbocycles. The monoisotopic (exact) mass is 155 g/mol. The van der Waals surface area contributed by atoms with Gasteiger partial charge in [0, 0.05) is 6.54 Å². The van der Waals surface area contributed by atoms with Gasteiger partial charge in [0.1, 0.15) is 6.29 Å². The molecule has 64 valence electrons. The van der Waals surface area contributed by atoms with Crippen LogP contribution in [0.2, 0.25) is 0 Å². The van der Waals surface area contributed by atoms with Crippen molar-refractivity contribution in [3.05, 3.63) is 0 Å². The third-order valence-corrected chi connectivity index (χ3v) is 2.50. The van der Waals surface area contributed by atoms with Crippen LogP contribution in [0.1, 0.15) is 26.7 Å². The van der Waals surface area contributed by atoms with Crippen LogP contribution in [0, 0.1) is 5.92 Å². The predicted molar refractivity (Wildman–Crippen MR) is 45.5 cm³/mol. The molecule has 0 heterocycles. The molecule has 2 heteroatoms. The highest BCUT2D eigenvalue weighted by Crippen LogP contribution is 2.30. The molecule has 0 spiro atoms. The molecule has 0 amide bonds. The van der Waals surface area contributed by atoms with E-state index in [-0.39, 0.29) is 5.54 Å². The van der Waals surface area contributed by atoms with E-state index in [9.17, 15) is 4.79 Å². The Labute approximate surface area is 68.6 Å². The molecule has 0 atom stereocenters. The summed E-state index contributed by atoms with van der Waals surface area (Å²) < 4.78 is 0. The van der Waals surface area contributed by atoms with E-state index in [1.54, 1.807) is 0 Å². The molecular weight excluding hydrogens is 138 g/mol. The highest BCUT2D eigenvalue weighted by molar-refractivity contribution is 5.62. The van der Waals surface area contributed by atoms with Crippen LogP contribution in [0.15, 0.2) is 0 Å². The summed E-state index contributed by atoms with van der Waals surface area (Å²) in [6, 6.07) is 0. The Morgan fingerprint density at radius 2 is 2.09 bits per heavy atom. The molecule has 1 aliphatic rings. The fourth-order valence-electron chi connectivity index (χ4n) is 1.01. The van der Waals surface area contributed by atoms with Crippen molar-refractivity contribution in [3.63, 3.8) is 0 Å². The van der Waals surface area contributed by atoms with Gasteiger partial charge in [-0.1, -0.05) is 0 Å². The summed E-state index contributed by atoms with van der Waals surface area (Å²) >= 11 is 0. The van der Waals surface area contributed by atoms with E-state index < -0.39 is 0 Å². The van der Waals surface area contributed by atoms with Crippen LogP contribution in [0.3, 0.4) is 0 Å². The molecule has 1 rings (SSSR count). The first-order chi connectivity index (χ1) is 5.06. The zero-order valence-electron chi connectivity index (χ0n) is 7.63. The fourth-order valence-corrected chi connectivity index (χ4v) is 1.01. The number of hydrogen-bond donors (Lipinski definition) is 0. The van der Waals surface area contributed by atoms with Gasteiger partial charge in [-0.25, -0.2) is 0 Å². The Morgan fingerprint density at radius 1 is 1.55 bits per heavy atom. The lowest BCUT2D eigenvalue weighted by Crippen LogP contribution is -2.43. The van der Waals surface area contributed by atoms with E-state index in [2.05, 4.69) is 4.90 Å². The van der Waals surface area contributed by atoms with E-state index in [0.29, 0.717) is 0 Å². The first-order valence-corrected chi connectivity index (χ1v) is 4.24. The van der Waals surface area contributed by atoms with E-state index in [0.717, 1.165) is 18.7 Å². The zero-order valence-corrected chi connectivity index (χ0v) is 7.63. The molecule has 2 nitrogen and oxygen atoms in total. The Hall–Kier alpha value is -0.370. The van der Waals surface area contributed by atoms with Crippen LogP contribution < -0.4 is 0 Å². The second kappa shape index (κ2) is 2.94. The predicted octanol–water partition coefficient (Wildman–Crippen LogP) is 1.31. The maximum atomic E-state index is 10.6. The van der Waals surface area contributed by atoms with E-state index in [4.69, 9.17) is 0 Å². The summed E-state index contributed by atoms with van der Waals surface area (Å²) in [5, 5.41) is 0. The minimum atomic E-state index is -0.275. The number of rotatable bonds is 4. The summed E-state index contributed by atoms with van der Waals surface area (Å²) in [5.41, 5.74) is -0.275. The normalized spacial score (nSPS) is 18.9. The lowest BCUT2D eigenvalue weighted by molar-refractivity contribution is -0.116. The smallest absolute Gasteiger partial charge is 0.139 e. The van der Waals surface area contributed by atoms with Gasteiger partial charge in [0.15, 0.2) is 0 Å². The number of aldehydes is 1. The fraction of sp³-hybridized carbons (Fsp3) is 0.889. The maximum Gasteiger partial charge on any atom is 0.139 e. The van der Waals surface area contributed by atoms with Gasteiger partial charge in [0.2, 0.25) is 0 Å². The largest absolute Gasteiger partial charge is 0.301 e. The van der Waals surface area contributed by atoms with Crippen molar-refractivity contribution in [2.24, 2.45) is 5.92 Å². The number of carbonyl (C=O) groups is 1. The summed E-state index contributed by atoms with van der Waals surface area (Å²) in [5.74, 6) is 0.860. The number of nitrogens with zero attached hydrogens (tertiary/aromatic N) is 1. The van der Waals surface area contributed by atoms with Crippen molar-refractivity contribution in [3.8, 4) is 0 Å². The number of hydrogen-bond acceptors (Lipinski definition) is 2. The molecule has 0 N–H and O–H groups in total. The van der Waals surface area contributed by atoms with Crippen molar-refractivity contribution in [2.75, 3.05) is 13.6 Å². The second-order valence-corrected chi connectivity index (χ2v) is 4.10. The van der Waals surface area contributed by atoms with Gasteiger partial charge in [-0.3, -0.25) is 4.90 Å². The summed E-state index contributed by atoms with van der Waals surface area (Å²) in [6.45, 7) is 5.00. The first kappa shape index (κ1) is 8.72. The minimum absolute atomic E-state index is 0.275. The topological polar surface area (TPSA) is 20.3 Å². The van der Waals surface area contributed by atoms with E-state index in [1.807, 2.05) is 20.9 Å². The molecule has 0 aliphatic heterocycles. The van der Waals surface area contributed by atoms with Gasteiger partial charge >= 0.3 is 0 Å². The average Bonchev–Trinajstić information content (AvgIpc) is 2.72. The second-order valence-electron chi connectivity index (χ2n) is 4.10. The molecule has 0 saturated heterocycles. The van der Waals surface area contributed by atoms with Gasteiger partial charge in [0.05, 0.1) is 5.54 Å². The molecule has 0 radical (unpaired) electrons. The lowest BCUT2D eigenvalue weighted by atomic mass is 10.1. The third kappa shape index (κ3) is 2.29. The van der Waals surface area contributed by atoms with Gasteiger partial charge < -0.3 is 4.79 Å². The molecule has 1 fully saturated rings. The highest BCUT2D eigenvalue weighted by Gasteiger charge is 2.29. The van der Waals surface area contributed by atoms with Crippen molar-refractivity contribution in [2.45, 2.75) is 32.2 Å². The maximum absolute atomic E-state index is 10.6. The van der Waals surface area contributed by atoms with E-state index >= 15 is 0 Å². The van der Waals surface area contributed by atoms with Crippen LogP contribution >= 0.6 is 0 Å². The molecule has 11 heavy (non-hydrogen) atoms. The molecular formula is C9H17NO. The van der Waals surface area contributed by atoms with Crippen LogP contribution in [0.5, 0.6) is 0 Å². The molecule has 0 aromatic heterocycles. The van der Waals surface area contributed by atoms with Crippen LogP contribution in [-0.4, -0.2) is 30.3 Å². The van der Waals surface area contributed by atoms with E-state index in [1.165, 1.54) is 12.8 Å². The quantitative estimate of drug-likeness (QED) is 0.570. The van der Waals surface area contributed by atoms with Crippen LogP contribution in [-0.2, 0) is 4.79 Å². The summed E-state index contributed by atoms with van der Waals surface area (Å²) in [6.07, 6.45) is 3.72. The van der Waals surface area contributed by atoms with Crippen molar-refractivity contribution >= 4 is 6.29 Å². The number of likely N-dealkylation sites (N-methyl/N-ethyl adjacent to an activating group) is 1. The first-order valence-electron chi connectivity index (χ1n) is 4.24. The molecule has 0 bridgehead atoms. The van der Waals surface area contributed by atoms with Crippen LogP contribution in [0.25, 0.3) is 0 Å². The third-order valence-electron chi connectivity index (χ3n) is 2.50. The zero-order chi connectivity index (χ0) is 8.48. The summed E-state index contributed by atoms with van der Waals surface area (Å²) in [4.78, 5) is 12.8. The van der Waals surface area contributed by atoms with Crippen molar-refractivity contribution in [1.82, 2.24) is 4.90 Å². The van der Waals surface area contributed by atoms with Gasteiger partial charge in [0.25, 0.3) is 0 Å². The SMILES string of the molecule is CN(CC1CC1)C(C)(C)C=O. The molecule has 0 aromatic rings. The Balaban J connectivity index is 2.36. The van der Waals surface area contributed by atoms with Crippen molar-refractivity contribution < 1.29 is 4.79 Å².